The average Bonchev–Trinajstić information content (AvgIpc) is 2.54. The second-order valence-corrected chi connectivity index (χ2v) is 5.33. The number of amides is 1. The highest BCUT2D eigenvalue weighted by Crippen LogP contribution is 2.24. The first-order chi connectivity index (χ1) is 10.1. The van der Waals surface area contributed by atoms with Crippen molar-refractivity contribution in [3.05, 3.63) is 28.2 Å². The second-order valence-electron chi connectivity index (χ2n) is 4.48. The molecule has 1 heterocycles. The van der Waals surface area contributed by atoms with E-state index in [1.165, 1.54) is 7.11 Å². The van der Waals surface area contributed by atoms with E-state index in [2.05, 4.69) is 20.7 Å². The highest BCUT2D eigenvalue weighted by Gasteiger charge is 2.31. The van der Waals surface area contributed by atoms with Gasteiger partial charge < -0.3 is 19.1 Å². The van der Waals surface area contributed by atoms with Gasteiger partial charge in [0.2, 0.25) is 0 Å². The van der Waals surface area contributed by atoms with E-state index in [9.17, 15) is 9.59 Å². The molecule has 0 radical (unpaired) electrons. The number of esters is 1. The topological polar surface area (TPSA) is 65.1 Å². The third-order valence-electron chi connectivity index (χ3n) is 3.22. The van der Waals surface area contributed by atoms with Crippen LogP contribution in [0.15, 0.2) is 22.7 Å². The Labute approximate surface area is 131 Å². The van der Waals surface area contributed by atoms with E-state index in [1.54, 1.807) is 30.2 Å². The summed E-state index contributed by atoms with van der Waals surface area (Å²) in [5.41, 5.74) is 0.486. The van der Waals surface area contributed by atoms with Crippen LogP contribution in [0.3, 0.4) is 0 Å². The molecule has 0 N–H and O–H groups in total. The van der Waals surface area contributed by atoms with Gasteiger partial charge in [-0.2, -0.15) is 0 Å². The van der Waals surface area contributed by atoms with Crippen LogP contribution in [0.25, 0.3) is 0 Å². The lowest BCUT2D eigenvalue weighted by Gasteiger charge is -2.31. The number of ether oxygens (including phenoxy) is 3. The van der Waals surface area contributed by atoms with Gasteiger partial charge in [0.05, 0.1) is 32.9 Å². The molecule has 1 amide bonds. The smallest absolute Gasteiger partial charge is 0.336 e. The number of halogens is 1. The molecule has 21 heavy (non-hydrogen) atoms. The maximum atomic E-state index is 12.6. The highest BCUT2D eigenvalue weighted by molar-refractivity contribution is 9.10. The third kappa shape index (κ3) is 3.54. The molecule has 0 aliphatic carbocycles. The predicted octanol–water partition coefficient (Wildman–Crippen LogP) is 1.47. The molecular formula is C14H16BrNO5. The van der Waals surface area contributed by atoms with E-state index in [4.69, 9.17) is 9.47 Å². The molecule has 0 aromatic heterocycles. The zero-order valence-electron chi connectivity index (χ0n) is 11.8. The van der Waals surface area contributed by atoms with Gasteiger partial charge in [0.15, 0.2) is 6.10 Å². The first-order valence-electron chi connectivity index (χ1n) is 6.39. The largest absolute Gasteiger partial charge is 0.497 e. The summed E-state index contributed by atoms with van der Waals surface area (Å²) in [5, 5.41) is 0. The van der Waals surface area contributed by atoms with Crippen LogP contribution in [-0.2, 0) is 14.3 Å². The number of nitrogens with zero attached hydrogens (tertiary/aromatic N) is 1. The molecule has 1 unspecified atom stereocenters. The van der Waals surface area contributed by atoms with Gasteiger partial charge in [-0.15, -0.1) is 0 Å². The van der Waals surface area contributed by atoms with Gasteiger partial charge in [-0.05, 0) is 34.1 Å². The van der Waals surface area contributed by atoms with Crippen molar-refractivity contribution in [2.75, 3.05) is 33.9 Å². The van der Waals surface area contributed by atoms with Crippen molar-refractivity contribution < 1.29 is 23.8 Å². The monoisotopic (exact) mass is 357 g/mol. The fraction of sp³-hybridized carbons (Fsp3) is 0.429. The normalized spacial score (nSPS) is 18.2. The zero-order chi connectivity index (χ0) is 15.4. The minimum absolute atomic E-state index is 0.176. The van der Waals surface area contributed by atoms with Crippen molar-refractivity contribution in [2.45, 2.75) is 6.10 Å². The van der Waals surface area contributed by atoms with Gasteiger partial charge in [0, 0.05) is 11.0 Å². The number of rotatable bonds is 3. The predicted molar refractivity (Wildman–Crippen MR) is 78.4 cm³/mol. The van der Waals surface area contributed by atoms with Gasteiger partial charge in [-0.3, -0.25) is 4.79 Å². The number of hydrogen-bond donors (Lipinski definition) is 0. The Morgan fingerprint density at radius 2 is 2.14 bits per heavy atom. The lowest BCUT2D eigenvalue weighted by molar-refractivity contribution is -0.158. The Morgan fingerprint density at radius 1 is 1.38 bits per heavy atom. The molecule has 1 aliphatic heterocycles. The Balaban J connectivity index is 2.17. The summed E-state index contributed by atoms with van der Waals surface area (Å²) in [6, 6.07) is 5.18. The first-order valence-corrected chi connectivity index (χ1v) is 7.18. The molecule has 2 rings (SSSR count). The van der Waals surface area contributed by atoms with Crippen LogP contribution in [-0.4, -0.2) is 56.8 Å². The molecule has 0 spiro atoms. The number of carbonyl (C=O) groups excluding carboxylic acids is 2. The quantitative estimate of drug-likeness (QED) is 0.766. The molecule has 1 atom stereocenters. The van der Waals surface area contributed by atoms with Gasteiger partial charge >= 0.3 is 5.97 Å². The molecule has 6 nitrogen and oxygen atoms in total. The van der Waals surface area contributed by atoms with Crippen molar-refractivity contribution in [3.63, 3.8) is 0 Å². The summed E-state index contributed by atoms with van der Waals surface area (Å²) in [7, 11) is 2.84. The first kappa shape index (κ1) is 15.8. The molecule has 1 saturated heterocycles. The standard InChI is InChI=1S/C14H16BrNO5/c1-19-9-3-4-11(15)10(7-9)13(17)16-5-6-21-12(8-16)14(18)20-2/h3-4,7,12H,5-6,8H2,1-2H3. The Bertz CT molecular complexity index is 548. The molecule has 1 fully saturated rings. The van der Waals surface area contributed by atoms with Crippen molar-refractivity contribution >= 4 is 27.8 Å². The fourth-order valence-electron chi connectivity index (χ4n) is 2.07. The number of methoxy groups -OCH3 is 2. The van der Waals surface area contributed by atoms with Gasteiger partial charge in [0.1, 0.15) is 5.75 Å². The van der Waals surface area contributed by atoms with Crippen molar-refractivity contribution in [1.29, 1.82) is 0 Å². The third-order valence-corrected chi connectivity index (χ3v) is 3.91. The Kier molecular flexibility index (Phi) is 5.19. The summed E-state index contributed by atoms with van der Waals surface area (Å²) < 4.78 is 15.8. The average molecular weight is 358 g/mol. The number of hydrogen-bond acceptors (Lipinski definition) is 5. The summed E-state index contributed by atoms with van der Waals surface area (Å²) >= 11 is 3.36. The number of carbonyl (C=O) groups is 2. The van der Waals surface area contributed by atoms with E-state index in [0.29, 0.717) is 28.9 Å². The Morgan fingerprint density at radius 3 is 2.81 bits per heavy atom. The lowest BCUT2D eigenvalue weighted by atomic mass is 10.1. The van der Waals surface area contributed by atoms with E-state index in [1.807, 2.05) is 0 Å². The molecule has 1 aromatic rings. The van der Waals surface area contributed by atoms with Crippen LogP contribution in [0.4, 0.5) is 0 Å². The molecule has 7 heteroatoms. The second kappa shape index (κ2) is 6.91. The minimum atomic E-state index is -0.739. The van der Waals surface area contributed by atoms with E-state index in [0.717, 1.165) is 0 Å². The van der Waals surface area contributed by atoms with Crippen LogP contribution in [0.2, 0.25) is 0 Å². The molecule has 0 bridgehead atoms. The number of benzene rings is 1. The minimum Gasteiger partial charge on any atom is -0.497 e. The molecular weight excluding hydrogens is 342 g/mol. The van der Waals surface area contributed by atoms with Crippen molar-refractivity contribution in [3.8, 4) is 5.75 Å². The van der Waals surface area contributed by atoms with Crippen molar-refractivity contribution in [1.82, 2.24) is 4.90 Å². The zero-order valence-corrected chi connectivity index (χ0v) is 13.4. The molecule has 0 saturated carbocycles. The van der Waals surface area contributed by atoms with Crippen LogP contribution < -0.4 is 4.74 Å². The number of morpholine rings is 1. The maximum absolute atomic E-state index is 12.6. The maximum Gasteiger partial charge on any atom is 0.336 e. The Hall–Kier alpha value is -1.60. The van der Waals surface area contributed by atoms with Gasteiger partial charge in [-0.25, -0.2) is 4.79 Å². The summed E-state index contributed by atoms with van der Waals surface area (Å²) in [6.07, 6.45) is -0.739. The van der Waals surface area contributed by atoms with E-state index < -0.39 is 12.1 Å². The highest BCUT2D eigenvalue weighted by atomic mass is 79.9. The van der Waals surface area contributed by atoms with Gasteiger partial charge in [0.25, 0.3) is 5.91 Å². The van der Waals surface area contributed by atoms with Crippen LogP contribution in [0.1, 0.15) is 10.4 Å². The van der Waals surface area contributed by atoms with E-state index >= 15 is 0 Å². The van der Waals surface area contributed by atoms with Gasteiger partial charge in [-0.1, -0.05) is 0 Å². The van der Waals surface area contributed by atoms with Crippen LogP contribution in [0, 0.1) is 0 Å². The fourth-order valence-corrected chi connectivity index (χ4v) is 2.49. The SMILES string of the molecule is COC(=O)C1CN(C(=O)c2cc(OC)ccc2Br)CCO1. The van der Waals surface area contributed by atoms with E-state index in [-0.39, 0.29) is 12.5 Å². The molecule has 1 aliphatic rings. The molecule has 1 aromatic carbocycles. The summed E-state index contributed by atoms with van der Waals surface area (Å²) in [5.74, 6) is -0.0606. The summed E-state index contributed by atoms with van der Waals surface area (Å²) in [6.45, 7) is 0.901. The molecule has 114 valence electrons. The van der Waals surface area contributed by atoms with Crippen LogP contribution >= 0.6 is 15.9 Å². The summed E-state index contributed by atoms with van der Waals surface area (Å²) in [4.78, 5) is 25.7. The van der Waals surface area contributed by atoms with Crippen LogP contribution in [0.5, 0.6) is 5.75 Å². The van der Waals surface area contributed by atoms with Crippen molar-refractivity contribution in [2.24, 2.45) is 0 Å². The lowest BCUT2D eigenvalue weighted by Crippen LogP contribution is -2.49.